The molecular formula is C28H41N3O4S. The Balaban J connectivity index is 2.52. The van der Waals surface area contributed by atoms with Crippen LogP contribution in [0.3, 0.4) is 0 Å². The molecule has 0 aliphatic rings. The summed E-state index contributed by atoms with van der Waals surface area (Å²) < 4.78 is 27.0. The second kappa shape index (κ2) is 12.9. The van der Waals surface area contributed by atoms with Crippen LogP contribution in [0.4, 0.5) is 5.69 Å². The Kier molecular flexibility index (Phi) is 10.5. The molecule has 0 spiro atoms. The topological polar surface area (TPSA) is 86.8 Å². The Hall–Kier alpha value is -2.87. The number of benzene rings is 2. The number of hydrogen-bond acceptors (Lipinski definition) is 4. The van der Waals surface area contributed by atoms with E-state index < -0.39 is 22.0 Å². The molecule has 2 rings (SSSR count). The van der Waals surface area contributed by atoms with Crippen LogP contribution < -0.4 is 9.62 Å². The summed E-state index contributed by atoms with van der Waals surface area (Å²) in [7, 11) is -3.77. The number of hydrogen-bond donors (Lipinski definition) is 1. The zero-order valence-electron chi connectivity index (χ0n) is 22.6. The third kappa shape index (κ3) is 7.56. The van der Waals surface area contributed by atoms with E-state index in [0.717, 1.165) is 33.7 Å². The summed E-state index contributed by atoms with van der Waals surface area (Å²) in [5, 5.41) is 2.99. The number of aryl methyl sites for hydroxylation is 1. The van der Waals surface area contributed by atoms with Gasteiger partial charge in [0.2, 0.25) is 21.8 Å². The number of nitrogens with one attached hydrogen (secondary N) is 1. The Morgan fingerprint density at radius 1 is 0.944 bits per heavy atom. The van der Waals surface area contributed by atoms with Crippen LogP contribution in [0, 0.1) is 6.92 Å². The molecule has 0 bridgehead atoms. The van der Waals surface area contributed by atoms with E-state index in [1.54, 1.807) is 12.1 Å². The van der Waals surface area contributed by atoms with Crippen LogP contribution in [-0.2, 0) is 26.2 Å². The smallest absolute Gasteiger partial charge is 0.244 e. The monoisotopic (exact) mass is 515 g/mol. The molecule has 36 heavy (non-hydrogen) atoms. The Labute approximate surface area is 216 Å². The highest BCUT2D eigenvalue weighted by atomic mass is 32.2. The summed E-state index contributed by atoms with van der Waals surface area (Å²) in [6, 6.07) is 14.2. The molecule has 0 saturated carbocycles. The van der Waals surface area contributed by atoms with Crippen molar-refractivity contribution in [3.05, 3.63) is 65.2 Å². The predicted molar refractivity (Wildman–Crippen MR) is 146 cm³/mol. The lowest BCUT2D eigenvalue weighted by atomic mass is 10.0. The Bertz CT molecular complexity index is 1150. The minimum absolute atomic E-state index is 0.0348. The molecule has 0 aromatic heterocycles. The molecule has 1 N–H and O–H groups in total. The van der Waals surface area contributed by atoms with Gasteiger partial charge in [0.05, 0.1) is 11.9 Å². The van der Waals surface area contributed by atoms with E-state index in [4.69, 9.17) is 0 Å². The van der Waals surface area contributed by atoms with Gasteiger partial charge in [-0.2, -0.15) is 0 Å². The van der Waals surface area contributed by atoms with Crippen molar-refractivity contribution < 1.29 is 18.0 Å². The van der Waals surface area contributed by atoms with Crippen molar-refractivity contribution in [2.75, 3.05) is 17.1 Å². The minimum atomic E-state index is -3.77. The second-order valence-corrected chi connectivity index (χ2v) is 11.6. The Morgan fingerprint density at radius 3 is 2.11 bits per heavy atom. The molecule has 0 aliphatic carbocycles. The number of sulfonamides is 1. The fraction of sp³-hybridized carbons (Fsp3) is 0.500. The number of anilines is 1. The zero-order valence-corrected chi connectivity index (χ0v) is 23.4. The fourth-order valence-corrected chi connectivity index (χ4v) is 5.00. The van der Waals surface area contributed by atoms with E-state index in [1.165, 1.54) is 4.90 Å². The molecule has 0 unspecified atom stereocenters. The van der Waals surface area contributed by atoms with Gasteiger partial charge in [0.25, 0.3) is 0 Å². The molecule has 8 heteroatoms. The highest BCUT2D eigenvalue weighted by molar-refractivity contribution is 7.92. The summed E-state index contributed by atoms with van der Waals surface area (Å²) in [5.41, 5.74) is 3.23. The fourth-order valence-electron chi connectivity index (χ4n) is 4.13. The summed E-state index contributed by atoms with van der Waals surface area (Å²) in [4.78, 5) is 28.6. The Morgan fingerprint density at radius 2 is 1.56 bits per heavy atom. The predicted octanol–water partition coefficient (Wildman–Crippen LogP) is 4.61. The van der Waals surface area contributed by atoms with Crippen molar-refractivity contribution in [3.8, 4) is 0 Å². The third-order valence-corrected chi connectivity index (χ3v) is 7.62. The minimum Gasteiger partial charge on any atom is -0.352 e. The van der Waals surface area contributed by atoms with Crippen molar-refractivity contribution >= 4 is 27.5 Å². The molecule has 2 aromatic carbocycles. The lowest BCUT2D eigenvalue weighted by molar-refractivity contribution is -0.140. The van der Waals surface area contributed by atoms with E-state index in [2.05, 4.69) is 5.32 Å². The molecule has 0 fully saturated rings. The van der Waals surface area contributed by atoms with Crippen LogP contribution in [0.15, 0.2) is 48.5 Å². The van der Waals surface area contributed by atoms with Crippen molar-refractivity contribution in [2.24, 2.45) is 0 Å². The first-order valence-electron chi connectivity index (χ1n) is 12.6. The number of para-hydroxylation sites is 1. The van der Waals surface area contributed by atoms with Crippen molar-refractivity contribution in [3.63, 3.8) is 0 Å². The third-order valence-electron chi connectivity index (χ3n) is 6.50. The first kappa shape index (κ1) is 29.4. The lowest BCUT2D eigenvalue weighted by Crippen LogP contribution is -2.53. The standard InChI is InChI=1S/C28H41N3O4S/c1-8-22(6)29-28(33)25(9-2)30(18-23-15-11-10-14-21(23)5)27(32)19-31(36(7,34)35)26-17-13-12-16-24(26)20(3)4/h10-17,20,22,25H,8-9,18-19H2,1-7H3,(H,29,33)/t22-,25+/m1/s1. The average Bonchev–Trinajstić information content (AvgIpc) is 2.82. The van der Waals surface area contributed by atoms with Gasteiger partial charge in [-0.3, -0.25) is 13.9 Å². The summed E-state index contributed by atoms with van der Waals surface area (Å²) in [6.07, 6.45) is 2.28. The van der Waals surface area contributed by atoms with Gasteiger partial charge in [0, 0.05) is 12.6 Å². The van der Waals surface area contributed by atoms with Gasteiger partial charge >= 0.3 is 0 Å². The highest BCUT2D eigenvalue weighted by Crippen LogP contribution is 2.29. The first-order valence-corrected chi connectivity index (χ1v) is 14.5. The van der Waals surface area contributed by atoms with Crippen molar-refractivity contribution in [1.29, 1.82) is 0 Å². The molecule has 2 atom stereocenters. The molecule has 0 aliphatic heterocycles. The van der Waals surface area contributed by atoms with Gasteiger partial charge in [-0.15, -0.1) is 0 Å². The van der Waals surface area contributed by atoms with Crippen LogP contribution >= 0.6 is 0 Å². The van der Waals surface area contributed by atoms with Gasteiger partial charge in [-0.05, 0) is 55.4 Å². The number of carbonyl (C=O) groups excluding carboxylic acids is 2. The van der Waals surface area contributed by atoms with Crippen LogP contribution in [0.5, 0.6) is 0 Å². The van der Waals surface area contributed by atoms with Gasteiger partial charge < -0.3 is 10.2 Å². The summed E-state index contributed by atoms with van der Waals surface area (Å²) >= 11 is 0. The maximum atomic E-state index is 13.9. The molecule has 0 saturated heterocycles. The molecule has 0 radical (unpaired) electrons. The quantitative estimate of drug-likeness (QED) is 0.447. The maximum Gasteiger partial charge on any atom is 0.244 e. The summed E-state index contributed by atoms with van der Waals surface area (Å²) in [6.45, 7) is 11.5. The SMILES string of the molecule is CC[C@@H](C)NC(=O)[C@H](CC)N(Cc1ccccc1C)C(=O)CN(c1ccccc1C(C)C)S(C)(=O)=O. The molecule has 2 amide bonds. The van der Waals surface area contributed by atoms with Crippen LogP contribution in [-0.4, -0.2) is 50.0 Å². The number of rotatable bonds is 12. The largest absolute Gasteiger partial charge is 0.352 e. The van der Waals surface area contributed by atoms with Crippen LogP contribution in [0.25, 0.3) is 0 Å². The van der Waals surface area contributed by atoms with Gasteiger partial charge in [-0.25, -0.2) is 8.42 Å². The zero-order chi connectivity index (χ0) is 27.0. The van der Waals surface area contributed by atoms with E-state index in [0.29, 0.717) is 12.1 Å². The highest BCUT2D eigenvalue weighted by Gasteiger charge is 2.33. The van der Waals surface area contributed by atoms with Crippen molar-refractivity contribution in [2.45, 2.75) is 78.9 Å². The molecule has 0 heterocycles. The number of nitrogens with zero attached hydrogens (tertiary/aromatic N) is 2. The van der Waals surface area contributed by atoms with Gasteiger partial charge in [0.1, 0.15) is 12.6 Å². The summed E-state index contributed by atoms with van der Waals surface area (Å²) in [5.74, 6) is -0.594. The van der Waals surface area contributed by atoms with Crippen LogP contribution in [0.1, 0.15) is 70.1 Å². The molecule has 198 valence electrons. The second-order valence-electron chi connectivity index (χ2n) is 9.67. The van der Waals surface area contributed by atoms with Crippen LogP contribution in [0.2, 0.25) is 0 Å². The first-order chi connectivity index (χ1) is 16.9. The average molecular weight is 516 g/mol. The van der Waals surface area contributed by atoms with E-state index in [9.17, 15) is 18.0 Å². The molecular weight excluding hydrogens is 474 g/mol. The van der Waals surface area contributed by atoms with E-state index in [1.807, 2.05) is 77.9 Å². The normalized spacial score (nSPS) is 13.2. The molecule has 7 nitrogen and oxygen atoms in total. The van der Waals surface area contributed by atoms with E-state index in [-0.39, 0.29) is 31.0 Å². The lowest BCUT2D eigenvalue weighted by Gasteiger charge is -2.34. The van der Waals surface area contributed by atoms with Crippen molar-refractivity contribution in [1.82, 2.24) is 10.2 Å². The van der Waals surface area contributed by atoms with E-state index >= 15 is 0 Å². The number of amides is 2. The van der Waals surface area contributed by atoms with Gasteiger partial charge in [0.15, 0.2) is 0 Å². The maximum absolute atomic E-state index is 13.9. The molecule has 2 aromatic rings. The van der Waals surface area contributed by atoms with Gasteiger partial charge in [-0.1, -0.05) is 70.2 Å². The number of carbonyl (C=O) groups is 2.